The minimum atomic E-state index is 0. The second kappa shape index (κ2) is 13.9. The molecular weight excluding hydrogens is 688 g/mol. The molecule has 8 bridgehead atoms. The van der Waals surface area contributed by atoms with Crippen molar-refractivity contribution in [3.63, 3.8) is 0 Å². The molecule has 0 amide bonds. The number of nitrogens with one attached hydrogen (secondary N) is 1. The first-order chi connectivity index (χ1) is 25.4. The second-order valence-electron chi connectivity index (χ2n) is 14.0. The summed E-state index contributed by atoms with van der Waals surface area (Å²) in [4.78, 5) is 14.0. The van der Waals surface area contributed by atoms with Crippen molar-refractivity contribution in [2.24, 2.45) is 0 Å². The van der Waals surface area contributed by atoms with Crippen molar-refractivity contribution in [1.82, 2.24) is 19.5 Å². The minimum absolute atomic E-state index is 0. The maximum atomic E-state index is 5.35. The third-order valence-electron chi connectivity index (χ3n) is 9.98. The first kappa shape index (κ1) is 34.1. The number of hydrogen-bond donors (Lipinski definition) is 1. The van der Waals surface area contributed by atoms with Gasteiger partial charge in [0, 0.05) is 50.5 Å². The number of benzene rings is 4. The molecule has 2 aliphatic heterocycles. The van der Waals surface area contributed by atoms with Gasteiger partial charge in [-0.3, -0.25) is 0 Å². The van der Waals surface area contributed by atoms with Crippen molar-refractivity contribution in [2.75, 3.05) is 0 Å². The molecule has 0 atom stereocenters. The molecule has 0 fully saturated rings. The summed E-state index contributed by atoms with van der Waals surface area (Å²) in [7, 11) is 0. The monoisotopic (exact) mass is 726 g/mol. The van der Waals surface area contributed by atoms with Crippen molar-refractivity contribution in [3.05, 3.63) is 172 Å². The van der Waals surface area contributed by atoms with E-state index >= 15 is 0 Å². The second-order valence-corrected chi connectivity index (χ2v) is 14.0. The molecule has 0 saturated carbocycles. The Balaban J connectivity index is 0.00000400. The number of H-pyrrole nitrogens is 1. The average molecular weight is 727 g/mol. The van der Waals surface area contributed by atoms with Crippen molar-refractivity contribution in [1.29, 1.82) is 0 Å². The van der Waals surface area contributed by atoms with Crippen molar-refractivity contribution >= 4 is 46.4 Å². The molecule has 0 saturated heterocycles. The summed E-state index contributed by atoms with van der Waals surface area (Å²) in [6.07, 6.45) is 8.50. The van der Waals surface area contributed by atoms with E-state index in [2.05, 4.69) is 189 Å². The van der Waals surface area contributed by atoms with Crippen LogP contribution >= 0.6 is 0 Å². The molecule has 1 N–H and O–H groups in total. The first-order valence-corrected chi connectivity index (χ1v) is 17.8. The molecule has 2 aliphatic rings. The van der Waals surface area contributed by atoms with Crippen molar-refractivity contribution < 1.29 is 17.1 Å². The van der Waals surface area contributed by atoms with Gasteiger partial charge in [-0.25, -0.2) is 9.97 Å². The summed E-state index contributed by atoms with van der Waals surface area (Å²) in [5.41, 5.74) is 20.4. The molecule has 4 aromatic carbocycles. The van der Waals surface area contributed by atoms with Gasteiger partial charge in [0.1, 0.15) is 0 Å². The van der Waals surface area contributed by atoms with Gasteiger partial charge in [-0.2, -0.15) is 0 Å². The smallest absolute Gasteiger partial charge is 0.0737 e. The number of hydrogen-bond acceptors (Lipinski definition) is 2. The fourth-order valence-corrected chi connectivity index (χ4v) is 7.28. The summed E-state index contributed by atoms with van der Waals surface area (Å²) in [6, 6.07) is 46.2. The molecule has 0 spiro atoms. The quantitative estimate of drug-likeness (QED) is 0.184. The third-order valence-corrected chi connectivity index (χ3v) is 9.98. The van der Waals surface area contributed by atoms with Gasteiger partial charge < -0.3 is 9.55 Å². The van der Waals surface area contributed by atoms with Crippen LogP contribution in [0.2, 0.25) is 0 Å². The van der Waals surface area contributed by atoms with Crippen LogP contribution in [0.25, 0.3) is 85.4 Å². The van der Waals surface area contributed by atoms with Crippen molar-refractivity contribution in [3.8, 4) is 39.1 Å². The van der Waals surface area contributed by atoms with Gasteiger partial charge >= 0.3 is 0 Å². The Morgan fingerprint density at radius 1 is 0.434 bits per heavy atom. The van der Waals surface area contributed by atoms with Gasteiger partial charge in [-0.1, -0.05) is 107 Å². The molecule has 0 unspecified atom stereocenters. The van der Waals surface area contributed by atoms with E-state index in [1.807, 2.05) is 0 Å². The Hall–Kier alpha value is -6.00. The summed E-state index contributed by atoms with van der Waals surface area (Å²) < 4.78 is 2.44. The number of aromatic nitrogens is 4. The standard InChI is InChI=1S/C48H38N4.Fe/c1-30-5-13-34(14-6-30)45-43-26-23-40(51-43)28-39-20-19-37(49-39)27-38-21-22-41(50-38)29-44-46(35-15-7-31(2)8-16-35)47(36-17-9-32(3)10-18-36)48(45)52(44)42-24-11-33(4)12-25-42;/h5-29,49H,1-4H3;. The number of fused-ring (bicyclic) bond motifs is 8. The van der Waals surface area contributed by atoms with E-state index in [-0.39, 0.29) is 17.1 Å². The van der Waals surface area contributed by atoms with Gasteiger partial charge in [-0.15, -0.1) is 0 Å². The van der Waals surface area contributed by atoms with Crippen LogP contribution in [-0.2, 0) is 17.1 Å². The number of nitrogens with zero attached hydrogens (tertiary/aromatic N) is 3. The molecule has 4 nitrogen and oxygen atoms in total. The van der Waals surface area contributed by atoms with Gasteiger partial charge in [0.05, 0.1) is 33.8 Å². The summed E-state index contributed by atoms with van der Waals surface area (Å²) in [5.74, 6) is 0. The average Bonchev–Trinajstić information content (AvgIpc) is 3.95. The summed E-state index contributed by atoms with van der Waals surface area (Å²) >= 11 is 0. The van der Waals surface area contributed by atoms with Gasteiger partial charge in [0.2, 0.25) is 0 Å². The van der Waals surface area contributed by atoms with Crippen LogP contribution in [0.3, 0.4) is 0 Å². The van der Waals surface area contributed by atoms with E-state index in [0.717, 1.165) is 83.9 Å². The molecule has 0 aliphatic carbocycles. The fraction of sp³-hybridized carbons (Fsp3) is 0.0833. The van der Waals surface area contributed by atoms with E-state index in [9.17, 15) is 0 Å². The Morgan fingerprint density at radius 3 is 1.42 bits per heavy atom. The number of aryl methyl sites for hydroxylation is 4. The maximum absolute atomic E-state index is 5.35. The van der Waals surface area contributed by atoms with E-state index < -0.39 is 0 Å². The third kappa shape index (κ3) is 6.51. The van der Waals surface area contributed by atoms with Crippen LogP contribution < -0.4 is 0 Å². The molecule has 258 valence electrons. The predicted octanol–water partition coefficient (Wildman–Crippen LogP) is 12.4. The molecule has 7 aromatic rings. The van der Waals surface area contributed by atoms with Gasteiger partial charge in [0.15, 0.2) is 0 Å². The van der Waals surface area contributed by atoms with Crippen LogP contribution in [-0.4, -0.2) is 19.5 Å². The summed E-state index contributed by atoms with van der Waals surface area (Å²) in [5, 5.41) is 0. The van der Waals surface area contributed by atoms with Crippen molar-refractivity contribution in [2.45, 2.75) is 27.7 Å². The topological polar surface area (TPSA) is 46.5 Å². The minimum Gasteiger partial charge on any atom is -0.355 e. The fourth-order valence-electron chi connectivity index (χ4n) is 7.28. The van der Waals surface area contributed by atoms with Crippen LogP contribution in [0.4, 0.5) is 0 Å². The zero-order valence-electron chi connectivity index (χ0n) is 30.1. The molecule has 0 radical (unpaired) electrons. The van der Waals surface area contributed by atoms with Crippen LogP contribution in [0.1, 0.15) is 45.0 Å². The zero-order chi connectivity index (χ0) is 35.3. The van der Waals surface area contributed by atoms with Crippen LogP contribution in [0.15, 0.2) is 127 Å². The first-order valence-electron chi connectivity index (χ1n) is 17.8. The molecule has 5 heteroatoms. The van der Waals surface area contributed by atoms with Gasteiger partial charge in [-0.05, 0) is 111 Å². The normalized spacial score (nSPS) is 11.8. The zero-order valence-corrected chi connectivity index (χ0v) is 31.2. The Labute approximate surface area is 320 Å². The Kier molecular flexibility index (Phi) is 8.91. The number of aromatic amines is 1. The Bertz CT molecular complexity index is 2730. The van der Waals surface area contributed by atoms with Gasteiger partial charge in [0.25, 0.3) is 0 Å². The van der Waals surface area contributed by atoms with Crippen LogP contribution in [0, 0.1) is 27.7 Å². The predicted molar refractivity (Wildman–Crippen MR) is 219 cm³/mol. The SMILES string of the molecule is Cc1ccc(-c2c(-c3ccc(C)cc3)c3c(-c4ccc(C)cc4)c4nc(cc5ccc(cc6nc(cc2n3-c2ccc(C)cc2)C=C6)[nH]5)C=C4)cc1.[Fe]. The molecule has 9 rings (SSSR count). The van der Waals surface area contributed by atoms with E-state index in [4.69, 9.17) is 9.97 Å². The molecule has 3 aromatic heterocycles. The van der Waals surface area contributed by atoms with E-state index in [1.165, 1.54) is 22.3 Å². The summed E-state index contributed by atoms with van der Waals surface area (Å²) in [6.45, 7) is 8.57. The van der Waals surface area contributed by atoms with Crippen LogP contribution in [0.5, 0.6) is 0 Å². The molecule has 5 heterocycles. The maximum Gasteiger partial charge on any atom is 0.0737 e. The largest absolute Gasteiger partial charge is 0.355 e. The Morgan fingerprint density at radius 2 is 0.868 bits per heavy atom. The van der Waals surface area contributed by atoms with E-state index in [0.29, 0.717) is 0 Å². The van der Waals surface area contributed by atoms with E-state index in [1.54, 1.807) is 0 Å². The molecule has 53 heavy (non-hydrogen) atoms. The number of rotatable bonds is 4. The molecular formula is C48H38FeN4.